The van der Waals surface area contributed by atoms with Crippen molar-refractivity contribution in [2.75, 3.05) is 18.6 Å². The minimum Gasteiger partial charge on any atom is -0.464 e. The SMILES string of the molecule is CCOC(=O)[C@H](C)NC(=O)CCCCCSS(C)(=O)=O. The zero-order valence-corrected chi connectivity index (χ0v) is 13.8. The number of amides is 1. The van der Waals surface area contributed by atoms with Gasteiger partial charge in [0.15, 0.2) is 8.87 Å². The van der Waals surface area contributed by atoms with Gasteiger partial charge in [0.25, 0.3) is 0 Å². The molecule has 0 radical (unpaired) electrons. The zero-order chi connectivity index (χ0) is 15.6. The maximum atomic E-state index is 11.5. The van der Waals surface area contributed by atoms with Crippen molar-refractivity contribution in [3.63, 3.8) is 0 Å². The van der Waals surface area contributed by atoms with Crippen LogP contribution >= 0.6 is 10.8 Å². The molecule has 0 aliphatic carbocycles. The molecule has 0 aromatic heterocycles. The third-order valence-electron chi connectivity index (χ3n) is 2.36. The number of carbonyl (C=O) groups excluding carboxylic acids is 2. The predicted octanol–water partition coefficient (Wildman–Crippen LogP) is 1.31. The molecule has 20 heavy (non-hydrogen) atoms. The van der Waals surface area contributed by atoms with Gasteiger partial charge in [0.05, 0.1) is 6.61 Å². The Balaban J connectivity index is 3.66. The Morgan fingerprint density at radius 3 is 2.45 bits per heavy atom. The Bertz CT molecular complexity index is 408. The number of nitrogens with one attached hydrogen (secondary N) is 1. The Labute approximate surface area is 124 Å². The second-order valence-corrected chi connectivity index (χ2v) is 8.95. The van der Waals surface area contributed by atoms with Crippen molar-refractivity contribution in [3.8, 4) is 0 Å². The number of ether oxygens (including phenoxy) is 1. The van der Waals surface area contributed by atoms with Crippen LogP contribution in [0, 0.1) is 0 Å². The molecule has 118 valence electrons. The number of esters is 1. The number of unbranched alkanes of at least 4 members (excludes halogenated alkanes) is 2. The first kappa shape index (κ1) is 19.2. The molecule has 0 aromatic carbocycles. The smallest absolute Gasteiger partial charge is 0.328 e. The molecule has 0 unspecified atom stereocenters. The van der Waals surface area contributed by atoms with Gasteiger partial charge in [-0.1, -0.05) is 6.42 Å². The summed E-state index contributed by atoms with van der Waals surface area (Å²) in [4.78, 5) is 22.8. The molecule has 1 atom stereocenters. The summed E-state index contributed by atoms with van der Waals surface area (Å²) in [6.07, 6.45) is 3.71. The summed E-state index contributed by atoms with van der Waals surface area (Å²) in [5.74, 6) is -0.0913. The Kier molecular flexibility index (Phi) is 9.66. The lowest BCUT2D eigenvalue weighted by molar-refractivity contribution is -0.146. The highest BCUT2D eigenvalue weighted by molar-refractivity contribution is 8.71. The number of carbonyl (C=O) groups is 2. The van der Waals surface area contributed by atoms with Gasteiger partial charge in [-0.15, -0.1) is 0 Å². The number of rotatable bonds is 10. The van der Waals surface area contributed by atoms with Gasteiger partial charge in [-0.2, -0.15) is 0 Å². The summed E-state index contributed by atoms with van der Waals surface area (Å²) in [5.41, 5.74) is 0. The largest absolute Gasteiger partial charge is 0.464 e. The van der Waals surface area contributed by atoms with Gasteiger partial charge in [0.2, 0.25) is 5.91 Å². The molecule has 0 aliphatic heterocycles. The van der Waals surface area contributed by atoms with Crippen LogP contribution in [0.4, 0.5) is 0 Å². The molecule has 0 aromatic rings. The van der Waals surface area contributed by atoms with Gasteiger partial charge in [0.1, 0.15) is 6.04 Å². The second kappa shape index (κ2) is 10.0. The summed E-state index contributed by atoms with van der Waals surface area (Å²) in [6, 6.07) is -0.636. The van der Waals surface area contributed by atoms with E-state index in [0.717, 1.165) is 23.6 Å². The van der Waals surface area contributed by atoms with Crippen LogP contribution in [-0.4, -0.2) is 45.0 Å². The van der Waals surface area contributed by atoms with E-state index in [-0.39, 0.29) is 12.5 Å². The van der Waals surface area contributed by atoms with Crippen LogP contribution in [0.5, 0.6) is 0 Å². The zero-order valence-electron chi connectivity index (χ0n) is 12.2. The molecule has 8 heteroatoms. The molecule has 0 fully saturated rings. The van der Waals surface area contributed by atoms with E-state index in [9.17, 15) is 18.0 Å². The lowest BCUT2D eigenvalue weighted by atomic mass is 10.2. The first-order valence-electron chi connectivity index (χ1n) is 6.56. The Morgan fingerprint density at radius 1 is 1.25 bits per heavy atom. The average Bonchev–Trinajstić information content (AvgIpc) is 2.32. The second-order valence-electron chi connectivity index (χ2n) is 4.38. The summed E-state index contributed by atoms with van der Waals surface area (Å²) >= 11 is 0. The third kappa shape index (κ3) is 11.1. The van der Waals surface area contributed by atoms with E-state index >= 15 is 0 Å². The molecular formula is C12H23NO5S2. The van der Waals surface area contributed by atoms with Crippen molar-refractivity contribution in [2.45, 2.75) is 45.6 Å². The van der Waals surface area contributed by atoms with Gasteiger partial charge in [-0.25, -0.2) is 13.2 Å². The van der Waals surface area contributed by atoms with Gasteiger partial charge in [-0.3, -0.25) is 4.79 Å². The summed E-state index contributed by atoms with van der Waals surface area (Å²) in [7, 11) is -2.05. The normalized spacial score (nSPS) is 12.8. The highest BCUT2D eigenvalue weighted by Crippen LogP contribution is 2.13. The minimum atomic E-state index is -2.97. The van der Waals surface area contributed by atoms with E-state index in [2.05, 4.69) is 5.32 Å². The minimum absolute atomic E-state index is 0.193. The van der Waals surface area contributed by atoms with E-state index in [1.165, 1.54) is 6.26 Å². The van der Waals surface area contributed by atoms with Crippen LogP contribution in [0.1, 0.15) is 39.5 Å². The Hall–Kier alpha value is -0.760. The molecule has 0 rings (SSSR count). The number of hydrogen-bond donors (Lipinski definition) is 1. The van der Waals surface area contributed by atoms with Crippen molar-refractivity contribution in [2.24, 2.45) is 0 Å². The molecule has 1 N–H and O–H groups in total. The number of hydrogen-bond acceptors (Lipinski definition) is 6. The fraction of sp³-hybridized carbons (Fsp3) is 0.833. The van der Waals surface area contributed by atoms with Gasteiger partial charge >= 0.3 is 5.97 Å². The lowest BCUT2D eigenvalue weighted by Crippen LogP contribution is -2.39. The van der Waals surface area contributed by atoms with E-state index in [1.807, 2.05) is 0 Å². The first-order chi connectivity index (χ1) is 9.26. The van der Waals surface area contributed by atoms with E-state index in [1.54, 1.807) is 13.8 Å². The summed E-state index contributed by atoms with van der Waals surface area (Å²) < 4.78 is 26.5. The van der Waals surface area contributed by atoms with E-state index in [4.69, 9.17) is 4.74 Å². The molecular weight excluding hydrogens is 302 g/mol. The van der Waals surface area contributed by atoms with Crippen LogP contribution in [-0.2, 0) is 23.2 Å². The van der Waals surface area contributed by atoms with Crippen LogP contribution in [0.25, 0.3) is 0 Å². The van der Waals surface area contributed by atoms with Crippen molar-refractivity contribution < 1.29 is 22.7 Å². The first-order valence-corrected chi connectivity index (χ1v) is 9.96. The predicted molar refractivity (Wildman–Crippen MR) is 80.0 cm³/mol. The van der Waals surface area contributed by atoms with Crippen molar-refractivity contribution in [3.05, 3.63) is 0 Å². The van der Waals surface area contributed by atoms with E-state index < -0.39 is 20.9 Å². The molecule has 0 heterocycles. The Morgan fingerprint density at radius 2 is 1.90 bits per heavy atom. The van der Waals surface area contributed by atoms with E-state index in [0.29, 0.717) is 18.6 Å². The molecule has 6 nitrogen and oxygen atoms in total. The lowest BCUT2D eigenvalue weighted by Gasteiger charge is -2.12. The summed E-state index contributed by atoms with van der Waals surface area (Å²) in [5, 5.41) is 2.57. The highest BCUT2D eigenvalue weighted by Gasteiger charge is 2.15. The van der Waals surface area contributed by atoms with Crippen LogP contribution < -0.4 is 5.32 Å². The van der Waals surface area contributed by atoms with Gasteiger partial charge in [0, 0.05) is 18.4 Å². The molecule has 0 saturated heterocycles. The maximum absolute atomic E-state index is 11.5. The maximum Gasteiger partial charge on any atom is 0.328 e. The molecule has 0 bridgehead atoms. The highest BCUT2D eigenvalue weighted by atomic mass is 33.1. The van der Waals surface area contributed by atoms with Crippen LogP contribution in [0.2, 0.25) is 0 Å². The van der Waals surface area contributed by atoms with Crippen molar-refractivity contribution >= 4 is 31.5 Å². The molecule has 0 spiro atoms. The fourth-order valence-electron chi connectivity index (χ4n) is 1.41. The average molecular weight is 325 g/mol. The molecule has 0 aliphatic rings. The monoisotopic (exact) mass is 325 g/mol. The van der Waals surface area contributed by atoms with Crippen molar-refractivity contribution in [1.82, 2.24) is 5.32 Å². The van der Waals surface area contributed by atoms with Crippen LogP contribution in [0.3, 0.4) is 0 Å². The quantitative estimate of drug-likeness (QED) is 0.370. The summed E-state index contributed by atoms with van der Waals surface area (Å²) in [6.45, 7) is 3.58. The molecule has 0 saturated carbocycles. The van der Waals surface area contributed by atoms with Crippen molar-refractivity contribution in [1.29, 1.82) is 0 Å². The standard InChI is InChI=1S/C12H23NO5S2/c1-4-18-12(15)10(2)13-11(14)8-6-5-7-9-19-20(3,16)17/h10H,4-9H2,1-3H3,(H,13,14)/t10-/m0/s1. The van der Waals surface area contributed by atoms with Gasteiger partial charge in [-0.05, 0) is 37.5 Å². The third-order valence-corrected chi connectivity index (χ3v) is 5.03. The van der Waals surface area contributed by atoms with Gasteiger partial charge < -0.3 is 10.1 Å². The topological polar surface area (TPSA) is 89.5 Å². The fourth-order valence-corrected chi connectivity index (χ4v) is 3.30. The molecule has 1 amide bonds. The van der Waals surface area contributed by atoms with Crippen LogP contribution in [0.15, 0.2) is 0 Å².